The van der Waals surface area contributed by atoms with Crippen LogP contribution >= 0.6 is 0 Å². The number of amides is 3. The van der Waals surface area contributed by atoms with Gasteiger partial charge in [-0.2, -0.15) is 0 Å². The van der Waals surface area contributed by atoms with Crippen LogP contribution in [0.4, 0.5) is 16.2 Å². The summed E-state index contributed by atoms with van der Waals surface area (Å²) in [5.74, 6) is 0.571. The number of hydrogen-bond acceptors (Lipinski definition) is 4. The molecule has 3 N–H and O–H groups in total. The van der Waals surface area contributed by atoms with Crippen molar-refractivity contribution in [3.63, 3.8) is 0 Å². The van der Waals surface area contributed by atoms with Gasteiger partial charge in [-0.15, -0.1) is 0 Å². The van der Waals surface area contributed by atoms with Gasteiger partial charge >= 0.3 is 6.03 Å². The molecule has 0 bridgehead atoms. The van der Waals surface area contributed by atoms with E-state index in [-0.39, 0.29) is 18.0 Å². The first-order chi connectivity index (χ1) is 14.4. The van der Waals surface area contributed by atoms with Crippen LogP contribution in [0, 0.1) is 0 Å². The Bertz CT molecular complexity index is 951. The number of carbonyl (C=O) groups excluding carboxylic acids is 2. The first kappa shape index (κ1) is 20.1. The predicted molar refractivity (Wildman–Crippen MR) is 115 cm³/mol. The van der Waals surface area contributed by atoms with E-state index >= 15 is 0 Å². The van der Waals surface area contributed by atoms with E-state index in [0.29, 0.717) is 22.7 Å². The number of urea groups is 1. The fourth-order valence-electron chi connectivity index (χ4n) is 3.84. The smallest absolute Gasteiger partial charge is 0.319 e. The van der Waals surface area contributed by atoms with Crippen LogP contribution in [0.3, 0.4) is 0 Å². The van der Waals surface area contributed by atoms with Gasteiger partial charge in [-0.1, -0.05) is 12.5 Å². The van der Waals surface area contributed by atoms with E-state index in [4.69, 9.17) is 9.47 Å². The largest absolute Gasteiger partial charge is 0.448 e. The van der Waals surface area contributed by atoms with Crippen LogP contribution in [0.25, 0.3) is 0 Å². The van der Waals surface area contributed by atoms with E-state index in [2.05, 4.69) is 16.0 Å². The number of carbonyl (C=O) groups is 2. The summed E-state index contributed by atoms with van der Waals surface area (Å²) in [4.78, 5) is 24.6. The molecule has 1 fully saturated rings. The highest BCUT2D eigenvalue weighted by Crippen LogP contribution is 2.46. The van der Waals surface area contributed by atoms with E-state index < -0.39 is 5.79 Å². The molecule has 2 aromatic rings. The van der Waals surface area contributed by atoms with Crippen molar-refractivity contribution in [1.29, 1.82) is 0 Å². The van der Waals surface area contributed by atoms with Crippen LogP contribution < -0.4 is 25.4 Å². The molecule has 2 aliphatic rings. The zero-order valence-electron chi connectivity index (χ0n) is 17.3. The highest BCUT2D eigenvalue weighted by Gasteiger charge is 2.42. The summed E-state index contributed by atoms with van der Waals surface area (Å²) in [5.41, 5.74) is 1.62. The van der Waals surface area contributed by atoms with Gasteiger partial charge in [0, 0.05) is 41.9 Å². The minimum atomic E-state index is -0.542. The number of anilines is 2. The van der Waals surface area contributed by atoms with Crippen LogP contribution in [-0.4, -0.2) is 23.8 Å². The quantitative estimate of drug-likeness (QED) is 0.670. The SMILES string of the molecule is CC(C)NC(=O)Nc1cccc(C(=O)Nc2ccc3c(c2)OC2(CCCCC2)O3)c1. The van der Waals surface area contributed by atoms with E-state index in [9.17, 15) is 9.59 Å². The second kappa shape index (κ2) is 8.26. The number of hydrogen-bond donors (Lipinski definition) is 3. The van der Waals surface area contributed by atoms with Gasteiger partial charge in [0.2, 0.25) is 0 Å². The molecule has 2 aromatic carbocycles. The first-order valence-corrected chi connectivity index (χ1v) is 10.4. The van der Waals surface area contributed by atoms with Crippen molar-refractivity contribution in [1.82, 2.24) is 5.32 Å². The van der Waals surface area contributed by atoms with Gasteiger partial charge in [-0.05, 0) is 57.0 Å². The van der Waals surface area contributed by atoms with Crippen LogP contribution in [0.2, 0.25) is 0 Å². The van der Waals surface area contributed by atoms with Gasteiger partial charge in [-0.3, -0.25) is 4.79 Å². The van der Waals surface area contributed by atoms with Gasteiger partial charge in [0.1, 0.15) is 0 Å². The molecule has 1 aliphatic heterocycles. The summed E-state index contributed by atoms with van der Waals surface area (Å²) in [6, 6.07) is 12.0. The Labute approximate surface area is 176 Å². The van der Waals surface area contributed by atoms with Crippen LogP contribution in [-0.2, 0) is 0 Å². The Morgan fingerprint density at radius 1 is 0.900 bits per heavy atom. The molecule has 7 nitrogen and oxygen atoms in total. The lowest BCUT2D eigenvalue weighted by molar-refractivity contribution is -0.105. The van der Waals surface area contributed by atoms with Crippen molar-refractivity contribution >= 4 is 23.3 Å². The summed E-state index contributed by atoms with van der Waals surface area (Å²) in [6.45, 7) is 3.76. The Balaban J connectivity index is 1.42. The monoisotopic (exact) mass is 409 g/mol. The summed E-state index contributed by atoms with van der Waals surface area (Å²) < 4.78 is 12.2. The Hall–Kier alpha value is -3.22. The van der Waals surface area contributed by atoms with E-state index in [0.717, 1.165) is 31.4 Å². The number of ether oxygens (including phenoxy) is 2. The summed E-state index contributed by atoms with van der Waals surface area (Å²) in [5, 5.41) is 8.37. The molecule has 158 valence electrons. The fourth-order valence-corrected chi connectivity index (χ4v) is 3.84. The zero-order chi connectivity index (χ0) is 21.1. The van der Waals surface area contributed by atoms with Gasteiger partial charge in [0.15, 0.2) is 11.5 Å². The molecule has 0 unspecified atom stereocenters. The number of nitrogens with one attached hydrogen (secondary N) is 3. The lowest BCUT2D eigenvalue weighted by Crippen LogP contribution is -2.40. The zero-order valence-corrected chi connectivity index (χ0v) is 17.3. The average Bonchev–Trinajstić information content (AvgIpc) is 3.04. The molecule has 0 radical (unpaired) electrons. The van der Waals surface area contributed by atoms with Crippen LogP contribution in [0.5, 0.6) is 11.5 Å². The predicted octanol–water partition coefficient (Wildman–Crippen LogP) is 4.90. The standard InChI is InChI=1S/C23H27N3O4/c1-15(2)24-22(28)26-17-8-6-7-16(13-17)21(27)25-18-9-10-19-20(14-18)30-23(29-19)11-4-3-5-12-23/h6-10,13-15H,3-5,11-12H2,1-2H3,(H,25,27)(H2,24,26,28). The van der Waals surface area contributed by atoms with Crippen molar-refractivity contribution in [3.05, 3.63) is 48.0 Å². The second-order valence-corrected chi connectivity index (χ2v) is 8.13. The third-order valence-corrected chi connectivity index (χ3v) is 5.21. The van der Waals surface area contributed by atoms with Crippen molar-refractivity contribution < 1.29 is 19.1 Å². The maximum Gasteiger partial charge on any atom is 0.319 e. The van der Waals surface area contributed by atoms with E-state index in [1.807, 2.05) is 19.9 Å². The molecule has 3 amide bonds. The molecule has 1 heterocycles. The first-order valence-electron chi connectivity index (χ1n) is 10.4. The summed E-state index contributed by atoms with van der Waals surface area (Å²) >= 11 is 0. The average molecular weight is 409 g/mol. The minimum absolute atomic E-state index is 0.0234. The van der Waals surface area contributed by atoms with E-state index in [1.165, 1.54) is 6.42 Å². The number of rotatable bonds is 4. The molecule has 30 heavy (non-hydrogen) atoms. The maximum atomic E-state index is 12.7. The Morgan fingerprint density at radius 2 is 1.63 bits per heavy atom. The Kier molecular flexibility index (Phi) is 5.53. The fraction of sp³-hybridized carbons (Fsp3) is 0.391. The van der Waals surface area contributed by atoms with Crippen molar-refractivity contribution in [2.45, 2.75) is 57.8 Å². The van der Waals surface area contributed by atoms with E-state index in [1.54, 1.807) is 36.4 Å². The highest BCUT2D eigenvalue weighted by atomic mass is 16.7. The highest BCUT2D eigenvalue weighted by molar-refractivity contribution is 6.05. The molecule has 1 aliphatic carbocycles. The van der Waals surface area contributed by atoms with Crippen molar-refractivity contribution in [3.8, 4) is 11.5 Å². The summed E-state index contributed by atoms with van der Waals surface area (Å²) in [6.07, 6.45) is 5.16. The number of fused-ring (bicyclic) bond motifs is 1. The topological polar surface area (TPSA) is 88.7 Å². The molecule has 1 spiro atoms. The molecule has 1 saturated carbocycles. The van der Waals surface area contributed by atoms with Crippen LogP contribution in [0.15, 0.2) is 42.5 Å². The second-order valence-electron chi connectivity index (χ2n) is 8.13. The summed E-state index contributed by atoms with van der Waals surface area (Å²) in [7, 11) is 0. The van der Waals surface area contributed by atoms with Gasteiger partial charge in [0.05, 0.1) is 0 Å². The third-order valence-electron chi connectivity index (χ3n) is 5.21. The lowest BCUT2D eigenvalue weighted by atomic mass is 9.94. The molecular weight excluding hydrogens is 382 g/mol. The third kappa shape index (κ3) is 4.50. The molecule has 0 aromatic heterocycles. The van der Waals surface area contributed by atoms with Gasteiger partial charge in [-0.25, -0.2) is 4.79 Å². The maximum absolute atomic E-state index is 12.7. The van der Waals surface area contributed by atoms with Crippen molar-refractivity contribution in [2.24, 2.45) is 0 Å². The molecule has 0 saturated heterocycles. The molecular formula is C23H27N3O4. The van der Waals surface area contributed by atoms with Gasteiger partial charge < -0.3 is 25.4 Å². The van der Waals surface area contributed by atoms with Crippen molar-refractivity contribution in [2.75, 3.05) is 10.6 Å². The molecule has 0 atom stereocenters. The number of benzene rings is 2. The van der Waals surface area contributed by atoms with Gasteiger partial charge in [0.25, 0.3) is 11.7 Å². The van der Waals surface area contributed by atoms with Crippen LogP contribution in [0.1, 0.15) is 56.3 Å². The molecule has 4 rings (SSSR count). The normalized spacial score (nSPS) is 16.4. The Morgan fingerprint density at radius 3 is 2.40 bits per heavy atom. The minimum Gasteiger partial charge on any atom is -0.448 e. The molecule has 7 heteroatoms. The lowest BCUT2D eigenvalue weighted by Gasteiger charge is -2.31.